The summed E-state index contributed by atoms with van der Waals surface area (Å²) >= 11 is 3.24. The van der Waals surface area contributed by atoms with Crippen LogP contribution in [-0.2, 0) is 17.8 Å². The van der Waals surface area contributed by atoms with Crippen LogP contribution in [0.2, 0.25) is 0 Å². The predicted octanol–water partition coefficient (Wildman–Crippen LogP) is 5.09. The molecular formula is C19H16INO2S. The van der Waals surface area contributed by atoms with Crippen LogP contribution in [0.5, 0.6) is 0 Å². The molecule has 0 unspecified atom stereocenters. The number of hydrogen-bond acceptors (Lipinski definition) is 3. The fourth-order valence-electron chi connectivity index (χ4n) is 2.41. The second-order valence-electron chi connectivity index (χ2n) is 5.49. The van der Waals surface area contributed by atoms with E-state index >= 15 is 0 Å². The van der Waals surface area contributed by atoms with E-state index in [0.29, 0.717) is 11.4 Å². The molecule has 1 aliphatic heterocycles. The molecule has 0 aromatic heterocycles. The van der Waals surface area contributed by atoms with E-state index in [-0.39, 0.29) is 11.1 Å². The van der Waals surface area contributed by atoms with E-state index in [9.17, 15) is 9.59 Å². The monoisotopic (exact) mass is 449 g/mol. The zero-order valence-corrected chi connectivity index (χ0v) is 16.1. The first-order valence-electron chi connectivity index (χ1n) is 7.65. The Morgan fingerprint density at radius 1 is 1.00 bits per heavy atom. The number of carbonyl (C=O) groups is 2. The molecule has 5 heteroatoms. The van der Waals surface area contributed by atoms with Gasteiger partial charge in [-0.25, -0.2) is 0 Å². The van der Waals surface area contributed by atoms with E-state index in [1.54, 1.807) is 6.08 Å². The second-order valence-corrected chi connectivity index (χ2v) is 7.73. The quantitative estimate of drug-likeness (QED) is 0.482. The molecule has 0 N–H and O–H groups in total. The zero-order valence-electron chi connectivity index (χ0n) is 13.2. The number of thioether (sulfide) groups is 1. The first kappa shape index (κ1) is 17.2. The fourth-order valence-corrected chi connectivity index (χ4v) is 3.61. The number of aryl methyl sites for hydroxylation is 1. The van der Waals surface area contributed by atoms with Crippen LogP contribution in [-0.4, -0.2) is 16.0 Å². The summed E-state index contributed by atoms with van der Waals surface area (Å²) in [6.07, 6.45) is 2.77. The van der Waals surface area contributed by atoms with Crippen LogP contribution in [0.4, 0.5) is 4.79 Å². The van der Waals surface area contributed by atoms with Crippen LogP contribution in [0, 0.1) is 3.57 Å². The van der Waals surface area contributed by atoms with Gasteiger partial charge in [-0.2, -0.15) is 0 Å². The maximum atomic E-state index is 12.5. The topological polar surface area (TPSA) is 37.4 Å². The Bertz CT molecular complexity index is 797. The summed E-state index contributed by atoms with van der Waals surface area (Å²) in [5, 5.41) is -0.213. The summed E-state index contributed by atoms with van der Waals surface area (Å²) in [4.78, 5) is 26.5. The molecule has 2 amide bonds. The molecule has 3 rings (SSSR count). The van der Waals surface area contributed by atoms with Gasteiger partial charge in [0.05, 0.1) is 11.4 Å². The molecule has 2 aromatic carbocycles. The lowest BCUT2D eigenvalue weighted by molar-refractivity contribution is -0.123. The van der Waals surface area contributed by atoms with Crippen molar-refractivity contribution in [1.29, 1.82) is 0 Å². The molecule has 24 heavy (non-hydrogen) atoms. The van der Waals surface area contributed by atoms with Crippen molar-refractivity contribution in [2.75, 3.05) is 0 Å². The maximum absolute atomic E-state index is 12.5. The third-order valence-electron chi connectivity index (χ3n) is 3.81. The van der Waals surface area contributed by atoms with Gasteiger partial charge in [0.15, 0.2) is 0 Å². The number of hydrogen-bond donors (Lipinski definition) is 0. The van der Waals surface area contributed by atoms with Crippen LogP contribution < -0.4 is 0 Å². The first-order valence-corrected chi connectivity index (χ1v) is 9.55. The number of carbonyl (C=O) groups excluding carboxylic acids is 2. The standard InChI is InChI=1S/C19H16INO2S/c1-2-13-3-5-14(6-4-13)11-17-18(22)21(19(23)24-17)12-15-7-9-16(20)10-8-15/h3-11H,2,12H2,1H3/b17-11-. The van der Waals surface area contributed by atoms with Crippen LogP contribution in [0.15, 0.2) is 53.4 Å². The second kappa shape index (κ2) is 7.53. The number of imide groups is 1. The Balaban J connectivity index is 1.77. The van der Waals surface area contributed by atoms with Crippen LogP contribution >= 0.6 is 34.4 Å². The average molecular weight is 449 g/mol. The molecule has 0 spiro atoms. The lowest BCUT2D eigenvalue weighted by atomic mass is 10.1. The molecule has 3 nitrogen and oxygen atoms in total. The minimum atomic E-state index is -0.219. The lowest BCUT2D eigenvalue weighted by Crippen LogP contribution is -2.27. The Kier molecular flexibility index (Phi) is 5.40. The van der Waals surface area contributed by atoms with E-state index in [1.165, 1.54) is 10.5 Å². The number of benzene rings is 2. The Labute approximate surface area is 159 Å². The van der Waals surface area contributed by atoms with Gasteiger partial charge in [0, 0.05) is 3.57 Å². The highest BCUT2D eigenvalue weighted by Gasteiger charge is 2.34. The molecule has 1 heterocycles. The molecule has 0 bridgehead atoms. The summed E-state index contributed by atoms with van der Waals surface area (Å²) in [5.74, 6) is -0.219. The minimum absolute atomic E-state index is 0.213. The summed E-state index contributed by atoms with van der Waals surface area (Å²) in [6.45, 7) is 2.42. The first-order chi connectivity index (χ1) is 11.6. The van der Waals surface area contributed by atoms with Crippen LogP contribution in [0.1, 0.15) is 23.6 Å². The molecule has 2 aromatic rings. The number of rotatable bonds is 4. The number of nitrogens with zero attached hydrogens (tertiary/aromatic N) is 1. The summed E-state index contributed by atoms with van der Waals surface area (Å²) in [6, 6.07) is 15.9. The third-order valence-corrected chi connectivity index (χ3v) is 5.44. The van der Waals surface area contributed by atoms with Crippen LogP contribution in [0.3, 0.4) is 0 Å². The van der Waals surface area contributed by atoms with Crippen molar-refractivity contribution in [3.8, 4) is 0 Å². The van der Waals surface area contributed by atoms with Gasteiger partial charge in [-0.15, -0.1) is 0 Å². The molecule has 0 radical (unpaired) electrons. The maximum Gasteiger partial charge on any atom is 0.293 e. The van der Waals surface area contributed by atoms with E-state index in [1.807, 2.05) is 48.5 Å². The minimum Gasteiger partial charge on any atom is -0.268 e. The molecule has 0 aliphatic carbocycles. The van der Waals surface area contributed by atoms with Gasteiger partial charge in [-0.05, 0) is 75.7 Å². The highest BCUT2D eigenvalue weighted by atomic mass is 127. The van der Waals surface area contributed by atoms with Gasteiger partial charge in [0.2, 0.25) is 0 Å². The average Bonchev–Trinajstić information content (AvgIpc) is 2.85. The van der Waals surface area contributed by atoms with E-state index in [0.717, 1.165) is 32.9 Å². The van der Waals surface area contributed by atoms with E-state index in [2.05, 4.69) is 29.5 Å². The van der Waals surface area contributed by atoms with E-state index in [4.69, 9.17) is 0 Å². The normalized spacial score (nSPS) is 16.2. The van der Waals surface area contributed by atoms with Crippen molar-refractivity contribution in [1.82, 2.24) is 4.90 Å². The van der Waals surface area contributed by atoms with Gasteiger partial charge in [0.1, 0.15) is 0 Å². The van der Waals surface area contributed by atoms with Gasteiger partial charge in [0.25, 0.3) is 11.1 Å². The number of halogens is 1. The predicted molar refractivity (Wildman–Crippen MR) is 106 cm³/mol. The molecule has 1 aliphatic rings. The van der Waals surface area contributed by atoms with Crippen molar-refractivity contribution in [2.45, 2.75) is 19.9 Å². The van der Waals surface area contributed by atoms with E-state index < -0.39 is 0 Å². The zero-order chi connectivity index (χ0) is 17.1. The van der Waals surface area contributed by atoms with Gasteiger partial charge >= 0.3 is 0 Å². The van der Waals surface area contributed by atoms with Crippen molar-refractivity contribution < 1.29 is 9.59 Å². The van der Waals surface area contributed by atoms with Crippen molar-refractivity contribution in [3.05, 3.63) is 73.7 Å². The Morgan fingerprint density at radius 3 is 2.25 bits per heavy atom. The fraction of sp³-hybridized carbons (Fsp3) is 0.158. The highest BCUT2D eigenvalue weighted by Crippen LogP contribution is 2.33. The third kappa shape index (κ3) is 3.89. The van der Waals surface area contributed by atoms with Crippen molar-refractivity contribution >= 4 is 51.6 Å². The van der Waals surface area contributed by atoms with Crippen molar-refractivity contribution in [2.24, 2.45) is 0 Å². The summed E-state index contributed by atoms with van der Waals surface area (Å²) < 4.78 is 1.13. The molecule has 0 atom stereocenters. The molecule has 122 valence electrons. The van der Waals surface area contributed by atoms with Crippen LogP contribution in [0.25, 0.3) is 6.08 Å². The van der Waals surface area contributed by atoms with Gasteiger partial charge in [-0.3, -0.25) is 14.5 Å². The Morgan fingerprint density at radius 2 is 1.62 bits per heavy atom. The largest absolute Gasteiger partial charge is 0.293 e. The SMILES string of the molecule is CCc1ccc(/C=C2\SC(=O)N(Cc3ccc(I)cc3)C2=O)cc1. The molecular weight excluding hydrogens is 433 g/mol. The molecule has 1 saturated heterocycles. The Hall–Kier alpha value is -1.60. The summed E-state index contributed by atoms with van der Waals surface area (Å²) in [7, 11) is 0. The molecule has 1 fully saturated rings. The molecule has 0 saturated carbocycles. The summed E-state index contributed by atoms with van der Waals surface area (Å²) in [5.41, 5.74) is 3.14. The van der Waals surface area contributed by atoms with Gasteiger partial charge < -0.3 is 0 Å². The highest BCUT2D eigenvalue weighted by molar-refractivity contribution is 14.1. The lowest BCUT2D eigenvalue weighted by Gasteiger charge is -2.12. The number of amides is 2. The van der Waals surface area contributed by atoms with Crippen molar-refractivity contribution in [3.63, 3.8) is 0 Å². The smallest absolute Gasteiger partial charge is 0.268 e. The van der Waals surface area contributed by atoms with Gasteiger partial charge in [-0.1, -0.05) is 43.3 Å².